The van der Waals surface area contributed by atoms with Gasteiger partial charge in [0.25, 0.3) is 23.6 Å². The number of methoxy groups -OCH3 is 1. The standard InChI is InChI=1S/C30H40N6O6S.C26H32N6O4S.C25H31N5O5S.C24H29N5O4S/c1-19-7-10-25(32-15-19)36-26(27(37)31-5)22-13-21(20-8-9-20)24(14-23(22)34-36)35(43(6,39)40)12-11-30(17-41-18-30)16-33-28(38)42-29(2,3)4;1-16-5-8-24(28-13-16)32-25(26(34)27-3)21-11-20(19-6-7-19)23(12-22(21)29-32)31(37(4,35)36)10-9-18-14-30(15-18)17(2)33;1-16-5-8-22(27-13-16)30-23(24(31)26-2)19-11-18(17-6-7-17)21(12-20(19)28-30)29(36(4,32)33)10-9-25(34-3)14-35-15-25;1-15-4-7-22(26-12-15)29-23(24(30)25-2)19-10-18(17-5-6-17)21(11-20(19)27-29)28(34(3,31)32)9-8-16-13-33-14-16/h7,10,13-15,20H,8-9,11-12,16-18H2,1-6H3,(H,31,37)(H,33,38);5,8,11-13,18-19H,6-7,9-10,14-15H2,1-4H3,(H,27,34);5,8,11-13,17H,6-7,9-10,14-15H2,1-4H3,(H,26,31);4,7,10-12,16-17H,5-6,8-9,13-14H2,1-3H3,(H,25,30). The molecule has 4 saturated carbocycles. The number of carbonyl (C=O) groups excluding carboxylic acids is 6. The first-order chi connectivity index (χ1) is 71.2. The average molecular weight is 2130 g/mol. The molecule has 45 heteroatoms. The molecule has 41 nitrogen and oxygen atoms in total. The normalized spacial score (nSPS) is 16.5. The largest absolute Gasteiger partial charge is 0.444 e. The molecule has 0 spiro atoms. The molecule has 12 aromatic rings. The van der Waals surface area contributed by atoms with Gasteiger partial charge in [-0.15, -0.1) is 0 Å². The minimum Gasteiger partial charge on any atom is -0.444 e. The fourth-order valence-electron chi connectivity index (χ4n) is 19.2. The molecule has 4 aliphatic carbocycles. The summed E-state index contributed by atoms with van der Waals surface area (Å²) in [4.78, 5) is 95.4. The lowest BCUT2D eigenvalue weighted by atomic mass is 9.82. The summed E-state index contributed by atoms with van der Waals surface area (Å²) in [6.45, 7) is 20.5. The number of aromatic nitrogens is 12. The number of likely N-dealkylation sites (tertiary alicyclic amines) is 1. The monoisotopic (exact) mass is 2130 g/mol. The number of rotatable bonds is 35. The minimum atomic E-state index is -3.70. The lowest BCUT2D eigenvalue weighted by molar-refractivity contribution is -0.197. The lowest BCUT2D eigenvalue weighted by Crippen LogP contribution is -2.53. The highest BCUT2D eigenvalue weighted by molar-refractivity contribution is 7.93. The van der Waals surface area contributed by atoms with Gasteiger partial charge in [0.15, 0.2) is 23.3 Å². The van der Waals surface area contributed by atoms with Gasteiger partial charge in [-0.05, 0) is 272 Å². The molecule has 5 N–H and O–H groups in total. The van der Waals surface area contributed by atoms with Crippen LogP contribution in [0.1, 0.15) is 215 Å². The van der Waals surface area contributed by atoms with Crippen LogP contribution in [0, 0.1) is 44.9 Å². The molecule has 8 fully saturated rings. The maximum Gasteiger partial charge on any atom is 0.407 e. The molecule has 0 unspecified atom stereocenters. The second-order valence-corrected chi connectivity index (χ2v) is 49.4. The number of ether oxygens (including phenoxy) is 5. The van der Waals surface area contributed by atoms with E-state index in [-0.39, 0.29) is 72.2 Å². The fraction of sp³-hybridized carbons (Fsp3) is 0.486. The van der Waals surface area contributed by atoms with Gasteiger partial charge in [-0.25, -0.2) is 77.1 Å². The van der Waals surface area contributed by atoms with E-state index in [0.717, 1.165) is 102 Å². The van der Waals surface area contributed by atoms with Crippen LogP contribution in [0.15, 0.2) is 122 Å². The fourth-order valence-corrected chi connectivity index (χ4v) is 23.0. The highest BCUT2D eigenvalue weighted by atomic mass is 32.2. The van der Waals surface area contributed by atoms with E-state index in [1.807, 2.05) is 100 Å². The first kappa shape index (κ1) is 108. The van der Waals surface area contributed by atoms with Gasteiger partial charge in [-0.1, -0.05) is 24.3 Å². The molecule has 8 aromatic heterocycles. The number of nitrogens with zero attached hydrogens (tertiary/aromatic N) is 17. The molecule has 4 aliphatic heterocycles. The van der Waals surface area contributed by atoms with Crippen LogP contribution in [0.25, 0.3) is 66.9 Å². The number of aryl methyl sites for hydroxylation is 4. The Kier molecular flexibility index (Phi) is 31.2. The zero-order valence-corrected chi connectivity index (χ0v) is 90.9. The van der Waals surface area contributed by atoms with Gasteiger partial charge in [-0.2, -0.15) is 20.4 Å². The Hall–Kier alpha value is -13.2. The molecule has 4 saturated heterocycles. The van der Waals surface area contributed by atoms with E-state index >= 15 is 0 Å². The van der Waals surface area contributed by atoms with Gasteiger partial charge in [0.05, 0.1) is 109 Å². The Morgan fingerprint density at radius 3 is 0.933 bits per heavy atom. The number of amides is 6. The third-order valence-electron chi connectivity index (χ3n) is 28.4. The maximum atomic E-state index is 13.3. The van der Waals surface area contributed by atoms with E-state index in [9.17, 15) is 62.4 Å². The predicted molar refractivity (Wildman–Crippen MR) is 571 cm³/mol. The first-order valence-corrected chi connectivity index (χ1v) is 57.9. The molecule has 20 rings (SSSR count). The number of alkyl carbamates (subject to hydrolysis) is 1. The van der Waals surface area contributed by atoms with Gasteiger partial charge in [-0.3, -0.25) is 41.2 Å². The van der Waals surface area contributed by atoms with E-state index in [2.05, 4.69) is 46.5 Å². The summed E-state index contributed by atoms with van der Waals surface area (Å²) in [6, 6.07) is 29.8. The zero-order chi connectivity index (χ0) is 107. The summed E-state index contributed by atoms with van der Waals surface area (Å²) < 4.78 is 143. The van der Waals surface area contributed by atoms with E-state index in [1.54, 1.807) is 122 Å². The van der Waals surface area contributed by atoms with Crippen LogP contribution in [0.5, 0.6) is 0 Å². The van der Waals surface area contributed by atoms with E-state index in [1.165, 1.54) is 56.3 Å². The van der Waals surface area contributed by atoms with Crippen molar-refractivity contribution in [2.75, 3.05) is 163 Å². The molecule has 0 bridgehead atoms. The summed E-state index contributed by atoms with van der Waals surface area (Å²) >= 11 is 0. The van der Waals surface area contributed by atoms with Crippen molar-refractivity contribution in [3.05, 3.63) is 189 Å². The van der Waals surface area contributed by atoms with Crippen molar-refractivity contribution in [1.29, 1.82) is 0 Å². The Labute approximate surface area is 873 Å². The second kappa shape index (κ2) is 43.3. The minimum absolute atomic E-state index is 0.0447. The van der Waals surface area contributed by atoms with Gasteiger partial charge in [0, 0.05) is 146 Å². The van der Waals surface area contributed by atoms with Crippen molar-refractivity contribution in [3.63, 3.8) is 0 Å². The summed E-state index contributed by atoms with van der Waals surface area (Å²) in [5.41, 5.74) is 12.1. The summed E-state index contributed by atoms with van der Waals surface area (Å²) in [5.74, 6) is 2.47. The van der Waals surface area contributed by atoms with Crippen molar-refractivity contribution in [2.24, 2.45) is 17.3 Å². The van der Waals surface area contributed by atoms with Crippen LogP contribution < -0.4 is 43.8 Å². The number of benzene rings is 4. The number of hydrogen-bond acceptors (Lipinski definition) is 27. The number of nitrogens with one attached hydrogen (secondary N) is 5. The zero-order valence-electron chi connectivity index (χ0n) is 87.7. The highest BCUT2D eigenvalue weighted by Crippen LogP contribution is 2.52. The van der Waals surface area contributed by atoms with Crippen LogP contribution in [0.4, 0.5) is 27.5 Å². The van der Waals surface area contributed by atoms with Crippen LogP contribution >= 0.6 is 0 Å². The molecule has 800 valence electrons. The highest BCUT2D eigenvalue weighted by Gasteiger charge is 2.45. The second-order valence-electron chi connectivity index (χ2n) is 41.8. The van der Waals surface area contributed by atoms with Gasteiger partial charge >= 0.3 is 6.09 Å². The third kappa shape index (κ3) is 24.1. The van der Waals surface area contributed by atoms with Gasteiger partial charge in [0.2, 0.25) is 46.0 Å². The smallest absolute Gasteiger partial charge is 0.407 e. The van der Waals surface area contributed by atoms with Crippen molar-refractivity contribution in [1.82, 2.24) is 90.5 Å². The number of fused-ring (bicyclic) bond motifs is 4. The SMILES string of the molecule is CNC(=O)c1c2cc(C3CC3)c(N(CCC3(CNC(=O)OC(C)(C)C)COC3)S(C)(=O)=O)cc2nn1-c1ccc(C)cn1.CNC(=O)c1c2cc(C3CC3)c(N(CCC3(OC)COC3)S(C)(=O)=O)cc2nn1-c1ccc(C)cn1.CNC(=O)c1c2cc(C3CC3)c(N(CCC3CN(C(C)=O)C3)S(C)(=O)=O)cc2nn1-c1ccc(C)cn1.CNC(=O)c1c2cc(C3CC3)c(N(CCC3COC3)S(C)(=O)=O)cc2nn1-c1ccc(C)cn1. The topological polar surface area (TPSA) is 484 Å². The van der Waals surface area contributed by atoms with Crippen molar-refractivity contribution in [2.45, 2.75) is 167 Å². The van der Waals surface area contributed by atoms with Gasteiger partial charge in [0.1, 0.15) is 34.0 Å². The molecular weight excluding hydrogens is 2000 g/mol. The van der Waals surface area contributed by atoms with Crippen LogP contribution in [0.3, 0.4) is 0 Å². The summed E-state index contributed by atoms with van der Waals surface area (Å²) in [5, 5.41) is 35.1. The Balaban J connectivity index is 0.000000137. The summed E-state index contributed by atoms with van der Waals surface area (Å²) in [7, 11) is -6.47. The third-order valence-corrected chi connectivity index (χ3v) is 33.2. The number of anilines is 4. The van der Waals surface area contributed by atoms with Crippen LogP contribution in [-0.2, 0) is 68.6 Å². The molecule has 150 heavy (non-hydrogen) atoms. The molecule has 8 aliphatic rings. The Morgan fingerprint density at radius 1 is 0.413 bits per heavy atom. The quantitative estimate of drug-likeness (QED) is 0.0246. The van der Waals surface area contributed by atoms with Crippen molar-refractivity contribution in [3.8, 4) is 23.3 Å². The van der Waals surface area contributed by atoms with E-state index in [0.29, 0.717) is 210 Å². The van der Waals surface area contributed by atoms with Crippen LogP contribution in [-0.4, -0.2) is 290 Å². The molecule has 0 radical (unpaired) electrons. The number of sulfonamides is 4. The molecular formula is C105H132N22O19S4. The lowest BCUT2D eigenvalue weighted by Gasteiger charge is -2.42. The Bertz CT molecular complexity index is 7650. The van der Waals surface area contributed by atoms with Crippen molar-refractivity contribution < 1.29 is 86.1 Å². The van der Waals surface area contributed by atoms with Gasteiger partial charge < -0.3 is 55.2 Å². The first-order valence-electron chi connectivity index (χ1n) is 50.5. The van der Waals surface area contributed by atoms with E-state index < -0.39 is 62.8 Å². The molecule has 6 amide bonds. The molecule has 0 atom stereocenters. The predicted octanol–water partition coefficient (Wildman–Crippen LogP) is 11.6. The molecule has 12 heterocycles. The van der Waals surface area contributed by atoms with Crippen molar-refractivity contribution >= 4 is 142 Å². The molecule has 4 aromatic carbocycles. The average Bonchev–Trinajstić information content (AvgIpc) is 1.59. The summed E-state index contributed by atoms with van der Waals surface area (Å²) in [6.07, 6.45) is 21.3. The maximum absolute atomic E-state index is 13.3. The number of pyridine rings is 4. The number of hydrogen-bond donors (Lipinski definition) is 5. The Morgan fingerprint density at radius 2 is 0.707 bits per heavy atom. The van der Waals surface area contributed by atoms with Crippen LogP contribution in [0.2, 0.25) is 0 Å². The van der Waals surface area contributed by atoms with E-state index in [4.69, 9.17) is 44.1 Å². The number of carbonyl (C=O) groups is 6.